The van der Waals surface area contributed by atoms with Gasteiger partial charge in [-0.1, -0.05) is 17.7 Å². The Morgan fingerprint density at radius 2 is 2.00 bits per heavy atom. The van der Waals surface area contributed by atoms with E-state index in [9.17, 15) is 13.2 Å². The first-order valence-corrected chi connectivity index (χ1v) is 5.46. The minimum absolute atomic E-state index is 0.187. The third-order valence-electron chi connectivity index (χ3n) is 2.34. The van der Waals surface area contributed by atoms with Gasteiger partial charge in [0.15, 0.2) is 0 Å². The van der Waals surface area contributed by atoms with Crippen LogP contribution >= 0.6 is 11.6 Å². The highest BCUT2D eigenvalue weighted by atomic mass is 35.5. The fourth-order valence-electron chi connectivity index (χ4n) is 1.58. The lowest BCUT2D eigenvalue weighted by Gasteiger charge is -2.26. The molecule has 0 saturated heterocycles. The highest BCUT2D eigenvalue weighted by Gasteiger charge is 2.31. The second kappa shape index (κ2) is 5.60. The van der Waals surface area contributed by atoms with Crippen LogP contribution in [0, 0.1) is 0 Å². The van der Waals surface area contributed by atoms with Crippen LogP contribution < -0.4 is 4.90 Å². The van der Waals surface area contributed by atoms with E-state index in [-0.39, 0.29) is 18.2 Å². The molecule has 0 saturated carbocycles. The number of alkyl halides is 3. The zero-order chi connectivity index (χ0) is 13.1. The first-order chi connectivity index (χ1) is 7.89. The molecular weight excluding hydrogens is 255 g/mol. The number of benzene rings is 1. The SMILES string of the molecule is CCN(CC(F)(F)F)c1cccc(Cl)c1CO. The Balaban J connectivity index is 3.07. The van der Waals surface area contributed by atoms with Crippen LogP contribution in [0.5, 0.6) is 0 Å². The summed E-state index contributed by atoms with van der Waals surface area (Å²) >= 11 is 5.83. The number of rotatable bonds is 4. The van der Waals surface area contributed by atoms with Crippen molar-refractivity contribution in [2.45, 2.75) is 19.7 Å². The van der Waals surface area contributed by atoms with Crippen molar-refractivity contribution >= 4 is 17.3 Å². The van der Waals surface area contributed by atoms with E-state index in [1.165, 1.54) is 12.1 Å². The van der Waals surface area contributed by atoms with Crippen molar-refractivity contribution in [1.29, 1.82) is 0 Å². The number of nitrogens with zero attached hydrogens (tertiary/aromatic N) is 1. The van der Waals surface area contributed by atoms with Crippen LogP contribution in [0.2, 0.25) is 5.02 Å². The minimum atomic E-state index is -4.29. The third kappa shape index (κ3) is 3.78. The summed E-state index contributed by atoms with van der Waals surface area (Å²) < 4.78 is 37.1. The maximum absolute atomic E-state index is 12.4. The van der Waals surface area contributed by atoms with Gasteiger partial charge in [-0.15, -0.1) is 0 Å². The van der Waals surface area contributed by atoms with Crippen LogP contribution in [-0.2, 0) is 6.61 Å². The first-order valence-electron chi connectivity index (χ1n) is 5.09. The monoisotopic (exact) mass is 267 g/mol. The topological polar surface area (TPSA) is 23.5 Å². The zero-order valence-corrected chi connectivity index (χ0v) is 10.0. The summed E-state index contributed by atoms with van der Waals surface area (Å²) in [6.45, 7) is 0.362. The fourth-order valence-corrected chi connectivity index (χ4v) is 1.81. The summed E-state index contributed by atoms with van der Waals surface area (Å²) in [6, 6.07) is 4.63. The number of halogens is 4. The minimum Gasteiger partial charge on any atom is -0.392 e. The average molecular weight is 268 g/mol. The highest BCUT2D eigenvalue weighted by molar-refractivity contribution is 6.31. The standard InChI is InChI=1S/C11H13ClF3NO/c1-2-16(7-11(13,14)15)10-5-3-4-9(12)8(10)6-17/h3-5,17H,2,6-7H2,1H3. The molecule has 1 rings (SSSR count). The molecule has 0 spiro atoms. The van der Waals surface area contributed by atoms with Gasteiger partial charge in [-0.25, -0.2) is 0 Å². The van der Waals surface area contributed by atoms with Crippen molar-refractivity contribution in [3.8, 4) is 0 Å². The second-order valence-electron chi connectivity index (χ2n) is 3.52. The van der Waals surface area contributed by atoms with E-state index in [0.717, 1.165) is 4.90 Å². The molecule has 0 fully saturated rings. The van der Waals surface area contributed by atoms with E-state index in [1.54, 1.807) is 13.0 Å². The molecule has 6 heteroatoms. The van der Waals surface area contributed by atoms with Gasteiger partial charge in [0.25, 0.3) is 0 Å². The van der Waals surface area contributed by atoms with Gasteiger partial charge in [-0.05, 0) is 19.1 Å². The van der Waals surface area contributed by atoms with E-state index in [4.69, 9.17) is 16.7 Å². The molecule has 0 aliphatic carbocycles. The zero-order valence-electron chi connectivity index (χ0n) is 9.26. The maximum Gasteiger partial charge on any atom is 0.405 e. The van der Waals surface area contributed by atoms with Gasteiger partial charge in [-0.2, -0.15) is 13.2 Å². The third-order valence-corrected chi connectivity index (χ3v) is 2.70. The molecule has 17 heavy (non-hydrogen) atoms. The number of aliphatic hydroxyl groups is 1. The highest BCUT2D eigenvalue weighted by Crippen LogP contribution is 2.29. The molecule has 0 aliphatic rings. The van der Waals surface area contributed by atoms with Gasteiger partial charge < -0.3 is 10.0 Å². The van der Waals surface area contributed by atoms with Crippen molar-refractivity contribution < 1.29 is 18.3 Å². The number of hydrogen-bond donors (Lipinski definition) is 1. The van der Waals surface area contributed by atoms with Crippen LogP contribution in [0.15, 0.2) is 18.2 Å². The van der Waals surface area contributed by atoms with E-state index >= 15 is 0 Å². The van der Waals surface area contributed by atoms with Crippen LogP contribution in [0.3, 0.4) is 0 Å². The molecule has 0 radical (unpaired) electrons. The molecule has 96 valence electrons. The summed E-state index contributed by atoms with van der Waals surface area (Å²) in [5.41, 5.74) is 0.639. The second-order valence-corrected chi connectivity index (χ2v) is 3.93. The van der Waals surface area contributed by atoms with Crippen molar-refractivity contribution in [2.75, 3.05) is 18.0 Å². The van der Waals surface area contributed by atoms with E-state index in [0.29, 0.717) is 11.3 Å². The van der Waals surface area contributed by atoms with Gasteiger partial charge in [-0.3, -0.25) is 0 Å². The van der Waals surface area contributed by atoms with Crippen molar-refractivity contribution in [2.24, 2.45) is 0 Å². The van der Waals surface area contributed by atoms with Gasteiger partial charge in [0, 0.05) is 22.8 Å². The molecule has 0 amide bonds. The average Bonchev–Trinajstić information content (AvgIpc) is 2.24. The molecular formula is C11H13ClF3NO. The normalized spacial score (nSPS) is 11.6. The molecule has 1 N–H and O–H groups in total. The molecule has 0 aliphatic heterocycles. The van der Waals surface area contributed by atoms with Crippen LogP contribution in [-0.4, -0.2) is 24.4 Å². The van der Waals surface area contributed by atoms with Crippen molar-refractivity contribution in [3.63, 3.8) is 0 Å². The Labute approximate surface area is 103 Å². The number of hydrogen-bond acceptors (Lipinski definition) is 2. The van der Waals surface area contributed by atoms with Gasteiger partial charge in [0.05, 0.1) is 6.61 Å². The van der Waals surface area contributed by atoms with Crippen LogP contribution in [0.4, 0.5) is 18.9 Å². The Morgan fingerprint density at radius 3 is 2.47 bits per heavy atom. The number of anilines is 1. The Hall–Kier alpha value is -0.940. The lowest BCUT2D eigenvalue weighted by Crippen LogP contribution is -2.34. The molecule has 2 nitrogen and oxygen atoms in total. The summed E-state index contributed by atoms with van der Waals surface area (Å²) in [5.74, 6) is 0. The van der Waals surface area contributed by atoms with Crippen LogP contribution in [0.1, 0.15) is 12.5 Å². The Kier molecular flexibility index (Phi) is 4.65. The quantitative estimate of drug-likeness (QED) is 0.905. The summed E-state index contributed by atoms with van der Waals surface area (Å²) in [5, 5.41) is 9.42. The van der Waals surface area contributed by atoms with Crippen LogP contribution in [0.25, 0.3) is 0 Å². The van der Waals surface area contributed by atoms with Gasteiger partial charge >= 0.3 is 6.18 Å². The molecule has 0 bridgehead atoms. The maximum atomic E-state index is 12.4. The van der Waals surface area contributed by atoms with E-state index in [1.807, 2.05) is 0 Å². The van der Waals surface area contributed by atoms with Gasteiger partial charge in [0.1, 0.15) is 6.54 Å². The Morgan fingerprint density at radius 1 is 1.35 bits per heavy atom. The lowest BCUT2D eigenvalue weighted by molar-refractivity contribution is -0.119. The molecule has 1 aromatic carbocycles. The molecule has 0 unspecified atom stereocenters. The summed E-state index contributed by atoms with van der Waals surface area (Å²) in [7, 11) is 0. The predicted octanol–water partition coefficient (Wildman–Crippen LogP) is 3.22. The molecule has 1 aromatic rings. The van der Waals surface area contributed by atoms with E-state index < -0.39 is 12.7 Å². The molecule has 0 aromatic heterocycles. The molecule has 0 atom stereocenters. The van der Waals surface area contributed by atoms with Crippen molar-refractivity contribution in [1.82, 2.24) is 0 Å². The van der Waals surface area contributed by atoms with Gasteiger partial charge in [0.2, 0.25) is 0 Å². The first kappa shape index (κ1) is 14.1. The number of aliphatic hydroxyl groups excluding tert-OH is 1. The summed E-state index contributed by atoms with van der Waals surface area (Å²) in [4.78, 5) is 1.14. The Bertz CT molecular complexity index is 381. The predicted molar refractivity (Wildman–Crippen MR) is 61.3 cm³/mol. The van der Waals surface area contributed by atoms with E-state index in [2.05, 4.69) is 0 Å². The van der Waals surface area contributed by atoms with Crippen molar-refractivity contribution in [3.05, 3.63) is 28.8 Å². The lowest BCUT2D eigenvalue weighted by atomic mass is 10.1. The largest absolute Gasteiger partial charge is 0.405 e. The smallest absolute Gasteiger partial charge is 0.392 e. The fraction of sp³-hybridized carbons (Fsp3) is 0.455. The molecule has 0 heterocycles. The summed E-state index contributed by atoms with van der Waals surface area (Å²) in [6.07, 6.45) is -4.29.